The molecule has 0 saturated carbocycles. The number of H-pyrrole nitrogens is 1. The molecule has 1 N–H and O–H groups in total. The zero-order valence-electron chi connectivity index (χ0n) is 18.6. The minimum absolute atomic E-state index is 0.0104. The summed E-state index contributed by atoms with van der Waals surface area (Å²) in [5, 5.41) is 1.05. The van der Waals surface area contributed by atoms with Gasteiger partial charge in [-0.25, -0.2) is 0 Å². The van der Waals surface area contributed by atoms with E-state index in [2.05, 4.69) is 4.98 Å². The smallest absolute Gasteiger partial charge is 0.254 e. The van der Waals surface area contributed by atoms with E-state index in [0.29, 0.717) is 25.9 Å². The van der Waals surface area contributed by atoms with Gasteiger partial charge in [-0.05, 0) is 61.2 Å². The molecule has 2 amide bonds. The third kappa shape index (κ3) is 3.03. The van der Waals surface area contributed by atoms with E-state index in [1.54, 1.807) is 24.0 Å². The molecule has 0 radical (unpaired) electrons. The molecule has 0 bridgehead atoms. The standard InChI is InChI=1S/C25H27N3O4/c1-25-23-19(20-14-18(32-3)8-9-21(20)26-23)11-13-28(25)22(29)15-27(24(25)30)12-10-16-4-6-17(31-2)7-5-16/h4-9,14,26H,10-13,15H2,1-3H3/t25-/m0/s1. The summed E-state index contributed by atoms with van der Waals surface area (Å²) in [7, 11) is 3.28. The van der Waals surface area contributed by atoms with Gasteiger partial charge in [0, 0.05) is 24.0 Å². The Labute approximate surface area is 186 Å². The fraction of sp³-hybridized carbons (Fsp3) is 0.360. The Kier molecular flexibility index (Phi) is 4.84. The van der Waals surface area contributed by atoms with Crippen LogP contribution in [0.4, 0.5) is 0 Å². The van der Waals surface area contributed by atoms with Crippen molar-refractivity contribution in [3.63, 3.8) is 0 Å². The third-order valence-electron chi connectivity index (χ3n) is 6.89. The number of ether oxygens (including phenoxy) is 2. The number of piperazine rings is 1. The molecule has 32 heavy (non-hydrogen) atoms. The molecule has 7 heteroatoms. The van der Waals surface area contributed by atoms with E-state index in [9.17, 15) is 9.59 Å². The van der Waals surface area contributed by atoms with E-state index < -0.39 is 5.54 Å². The molecule has 1 aromatic heterocycles. The number of carbonyl (C=O) groups excluding carboxylic acids is 2. The van der Waals surface area contributed by atoms with Crippen molar-refractivity contribution >= 4 is 22.7 Å². The first kappa shape index (κ1) is 20.4. The van der Waals surface area contributed by atoms with Gasteiger partial charge in [-0.3, -0.25) is 9.59 Å². The molecule has 2 aromatic carbocycles. The second kappa shape index (κ2) is 7.58. The summed E-state index contributed by atoms with van der Waals surface area (Å²) in [5.74, 6) is 1.53. The first-order chi connectivity index (χ1) is 15.5. The highest BCUT2D eigenvalue weighted by Gasteiger charge is 2.53. The maximum absolute atomic E-state index is 13.8. The van der Waals surface area contributed by atoms with E-state index in [-0.39, 0.29) is 18.4 Å². The summed E-state index contributed by atoms with van der Waals surface area (Å²) in [4.78, 5) is 33.8. The van der Waals surface area contributed by atoms with Crippen LogP contribution in [0.5, 0.6) is 11.5 Å². The van der Waals surface area contributed by atoms with Crippen LogP contribution in [0.25, 0.3) is 10.9 Å². The number of hydrogen-bond donors (Lipinski definition) is 1. The summed E-state index contributed by atoms with van der Waals surface area (Å²) >= 11 is 0. The van der Waals surface area contributed by atoms with Gasteiger partial charge in [0.15, 0.2) is 5.54 Å². The van der Waals surface area contributed by atoms with Gasteiger partial charge >= 0.3 is 0 Å². The molecule has 0 unspecified atom stereocenters. The fourth-order valence-corrected chi connectivity index (χ4v) is 5.07. The Bertz CT molecular complexity index is 1200. The monoisotopic (exact) mass is 433 g/mol. The first-order valence-corrected chi connectivity index (χ1v) is 10.9. The molecule has 166 valence electrons. The zero-order valence-corrected chi connectivity index (χ0v) is 18.6. The second-order valence-electron chi connectivity index (χ2n) is 8.58. The second-order valence-corrected chi connectivity index (χ2v) is 8.58. The van der Waals surface area contributed by atoms with Gasteiger partial charge in [-0.15, -0.1) is 0 Å². The van der Waals surface area contributed by atoms with Crippen LogP contribution in [-0.4, -0.2) is 60.5 Å². The molecule has 0 spiro atoms. The molecule has 1 fully saturated rings. The SMILES string of the molecule is COc1ccc(CCN2CC(=O)N3CCc4c([nH]c5ccc(OC)cc45)[C@@]3(C)C2=O)cc1. The Hall–Kier alpha value is -3.48. The Morgan fingerprint density at radius 3 is 2.47 bits per heavy atom. The van der Waals surface area contributed by atoms with Gasteiger partial charge in [0.25, 0.3) is 5.91 Å². The third-order valence-corrected chi connectivity index (χ3v) is 6.89. The number of nitrogens with one attached hydrogen (secondary N) is 1. The van der Waals surface area contributed by atoms with Crippen molar-refractivity contribution < 1.29 is 19.1 Å². The first-order valence-electron chi connectivity index (χ1n) is 10.9. The van der Waals surface area contributed by atoms with Crippen molar-refractivity contribution in [1.82, 2.24) is 14.8 Å². The quantitative estimate of drug-likeness (QED) is 0.672. The van der Waals surface area contributed by atoms with E-state index in [0.717, 1.165) is 39.2 Å². The van der Waals surface area contributed by atoms with Crippen LogP contribution < -0.4 is 9.47 Å². The van der Waals surface area contributed by atoms with Crippen molar-refractivity contribution in [3.8, 4) is 11.5 Å². The number of aromatic nitrogens is 1. The lowest BCUT2D eigenvalue weighted by Gasteiger charge is -2.49. The number of hydrogen-bond acceptors (Lipinski definition) is 4. The number of benzene rings is 2. The molecule has 2 aliphatic heterocycles. The van der Waals surface area contributed by atoms with Crippen LogP contribution in [0.15, 0.2) is 42.5 Å². The summed E-state index contributed by atoms with van der Waals surface area (Å²) in [6.07, 6.45) is 1.39. The van der Waals surface area contributed by atoms with Crippen LogP contribution in [0.3, 0.4) is 0 Å². The summed E-state index contributed by atoms with van der Waals surface area (Å²) in [5.41, 5.74) is 2.93. The van der Waals surface area contributed by atoms with Gasteiger partial charge in [0.2, 0.25) is 5.91 Å². The largest absolute Gasteiger partial charge is 0.497 e. The highest BCUT2D eigenvalue weighted by Crippen LogP contribution is 2.42. The molecule has 0 aliphatic carbocycles. The molecular formula is C25H27N3O4. The molecule has 3 heterocycles. The molecule has 3 aromatic rings. The fourth-order valence-electron chi connectivity index (χ4n) is 5.07. The lowest BCUT2D eigenvalue weighted by Crippen LogP contribution is -2.67. The van der Waals surface area contributed by atoms with Crippen LogP contribution in [-0.2, 0) is 28.0 Å². The number of rotatable bonds is 5. The highest BCUT2D eigenvalue weighted by molar-refractivity contribution is 6.00. The van der Waals surface area contributed by atoms with Crippen molar-refractivity contribution in [2.24, 2.45) is 0 Å². The average molecular weight is 434 g/mol. The number of aromatic amines is 1. The average Bonchev–Trinajstić information content (AvgIpc) is 3.20. The molecular weight excluding hydrogens is 406 g/mol. The Balaban J connectivity index is 1.47. The van der Waals surface area contributed by atoms with E-state index in [1.165, 1.54) is 0 Å². The van der Waals surface area contributed by atoms with Gasteiger partial charge < -0.3 is 24.3 Å². The molecule has 5 rings (SSSR count). The highest BCUT2D eigenvalue weighted by atomic mass is 16.5. The minimum atomic E-state index is -1.03. The number of methoxy groups -OCH3 is 2. The molecule has 7 nitrogen and oxygen atoms in total. The van der Waals surface area contributed by atoms with Crippen LogP contribution >= 0.6 is 0 Å². The maximum Gasteiger partial charge on any atom is 0.254 e. The zero-order chi connectivity index (χ0) is 22.5. The summed E-state index contributed by atoms with van der Waals surface area (Å²) in [6, 6.07) is 13.7. The van der Waals surface area contributed by atoms with Crippen LogP contribution in [0.1, 0.15) is 23.7 Å². The molecule has 1 atom stereocenters. The molecule has 2 aliphatic rings. The lowest BCUT2D eigenvalue weighted by molar-refractivity contribution is -0.165. The van der Waals surface area contributed by atoms with E-state index in [4.69, 9.17) is 9.47 Å². The van der Waals surface area contributed by atoms with Crippen molar-refractivity contribution in [2.75, 3.05) is 33.9 Å². The topological polar surface area (TPSA) is 74.9 Å². The molecule has 1 saturated heterocycles. The van der Waals surface area contributed by atoms with E-state index in [1.807, 2.05) is 49.4 Å². The minimum Gasteiger partial charge on any atom is -0.497 e. The van der Waals surface area contributed by atoms with Gasteiger partial charge in [0.1, 0.15) is 11.5 Å². The van der Waals surface area contributed by atoms with Crippen LogP contribution in [0, 0.1) is 0 Å². The summed E-state index contributed by atoms with van der Waals surface area (Å²) < 4.78 is 10.6. The number of amides is 2. The van der Waals surface area contributed by atoms with Crippen LogP contribution in [0.2, 0.25) is 0 Å². The predicted octanol–water partition coefficient (Wildman–Crippen LogP) is 2.87. The number of nitrogens with zero attached hydrogens (tertiary/aromatic N) is 2. The Morgan fingerprint density at radius 2 is 1.75 bits per heavy atom. The maximum atomic E-state index is 13.8. The number of carbonyl (C=O) groups is 2. The number of fused-ring (bicyclic) bond motifs is 5. The summed E-state index contributed by atoms with van der Waals surface area (Å²) in [6.45, 7) is 3.01. The Morgan fingerprint density at radius 1 is 1.03 bits per heavy atom. The lowest BCUT2D eigenvalue weighted by atomic mass is 9.83. The van der Waals surface area contributed by atoms with E-state index >= 15 is 0 Å². The van der Waals surface area contributed by atoms with Gasteiger partial charge in [-0.1, -0.05) is 12.1 Å². The van der Waals surface area contributed by atoms with Crippen molar-refractivity contribution in [3.05, 3.63) is 59.3 Å². The van der Waals surface area contributed by atoms with Gasteiger partial charge in [-0.2, -0.15) is 0 Å². The van der Waals surface area contributed by atoms with Crippen molar-refractivity contribution in [2.45, 2.75) is 25.3 Å². The van der Waals surface area contributed by atoms with Gasteiger partial charge in [0.05, 0.1) is 26.5 Å². The predicted molar refractivity (Wildman–Crippen MR) is 121 cm³/mol. The normalized spacial score (nSPS) is 20.3. The van der Waals surface area contributed by atoms with Crippen molar-refractivity contribution in [1.29, 1.82) is 0 Å².